The first-order valence-corrected chi connectivity index (χ1v) is 11.0. The molecule has 0 spiro atoms. The molecule has 0 saturated carbocycles. The number of H-pyrrole nitrogens is 1. The zero-order valence-electron chi connectivity index (χ0n) is 18.1. The Morgan fingerprint density at radius 1 is 1.22 bits per heavy atom. The molecule has 0 aliphatic carbocycles. The van der Waals surface area contributed by atoms with Gasteiger partial charge in [-0.3, -0.25) is 9.59 Å². The van der Waals surface area contributed by atoms with Crippen molar-refractivity contribution in [2.75, 3.05) is 0 Å². The summed E-state index contributed by atoms with van der Waals surface area (Å²) in [5.74, 6) is -0.0733. The van der Waals surface area contributed by atoms with Crippen LogP contribution >= 0.6 is 11.6 Å². The maximum Gasteiger partial charge on any atom is 0.257 e. The van der Waals surface area contributed by atoms with Gasteiger partial charge in [-0.05, 0) is 36.8 Å². The van der Waals surface area contributed by atoms with Gasteiger partial charge in [0.25, 0.3) is 5.56 Å². The average molecular weight is 447 g/mol. The highest BCUT2D eigenvalue weighted by atomic mass is 35.5. The number of carbonyl (C=O) groups is 1. The number of aromatic nitrogens is 2. The van der Waals surface area contributed by atoms with E-state index in [0.29, 0.717) is 29.1 Å². The highest BCUT2D eigenvalue weighted by Gasteiger charge is 2.35. The number of aryl methyl sites for hydroxylation is 2. The lowest BCUT2D eigenvalue weighted by Gasteiger charge is -2.21. The predicted octanol–water partition coefficient (Wildman–Crippen LogP) is 5.07. The van der Waals surface area contributed by atoms with Crippen LogP contribution < -0.4 is 5.56 Å². The van der Waals surface area contributed by atoms with Gasteiger partial charge >= 0.3 is 0 Å². The number of hydrazone groups is 1. The number of benzene rings is 2. The zero-order chi connectivity index (χ0) is 22.6. The summed E-state index contributed by atoms with van der Waals surface area (Å²) < 4.78 is 2.06. The Labute approximate surface area is 190 Å². The minimum atomic E-state index is -0.266. The molecule has 5 rings (SSSR count). The van der Waals surface area contributed by atoms with Gasteiger partial charge in [-0.2, -0.15) is 5.10 Å². The lowest BCUT2D eigenvalue weighted by atomic mass is 9.95. The summed E-state index contributed by atoms with van der Waals surface area (Å²) in [6.45, 7) is 3.73. The molecule has 6 nitrogen and oxygen atoms in total. The maximum absolute atomic E-state index is 13.1. The molecule has 1 amide bonds. The summed E-state index contributed by atoms with van der Waals surface area (Å²) in [4.78, 5) is 28.9. The summed E-state index contributed by atoms with van der Waals surface area (Å²) >= 11 is 6.21. The van der Waals surface area contributed by atoms with E-state index in [1.165, 1.54) is 0 Å². The molecule has 1 aliphatic rings. The van der Waals surface area contributed by atoms with Crippen LogP contribution in [0.2, 0.25) is 5.02 Å². The van der Waals surface area contributed by atoms with Gasteiger partial charge in [0, 0.05) is 58.5 Å². The number of amides is 1. The Kier molecular flexibility index (Phi) is 4.90. The first kappa shape index (κ1) is 20.5. The molecule has 2 aromatic carbocycles. The highest BCUT2D eigenvalue weighted by Crippen LogP contribution is 2.38. The standard InChI is InChI=1S/C25H23ClN4O2/c1-4-23(31)30-22(18-13-29(3)21-8-6-5-7-16(18)21)12-20(28-30)24-14(2)17-11-15(26)9-10-19(17)27-25(24)32/h5-11,13,22H,4,12H2,1-3H3,(H,27,32). The molecule has 1 unspecified atom stereocenters. The number of aromatic amines is 1. The van der Waals surface area contributed by atoms with E-state index < -0.39 is 0 Å². The number of para-hydroxylation sites is 1. The normalized spacial score (nSPS) is 16.2. The van der Waals surface area contributed by atoms with Crippen LogP contribution in [0.25, 0.3) is 21.8 Å². The molecule has 1 atom stereocenters. The van der Waals surface area contributed by atoms with Crippen molar-refractivity contribution in [1.82, 2.24) is 14.6 Å². The van der Waals surface area contributed by atoms with Crippen molar-refractivity contribution in [3.05, 3.63) is 80.7 Å². The fourth-order valence-corrected chi connectivity index (χ4v) is 4.88. The fourth-order valence-electron chi connectivity index (χ4n) is 4.71. The van der Waals surface area contributed by atoms with Gasteiger partial charge in [0.05, 0.1) is 17.3 Å². The average Bonchev–Trinajstić information content (AvgIpc) is 3.36. The van der Waals surface area contributed by atoms with Gasteiger partial charge in [-0.25, -0.2) is 5.01 Å². The van der Waals surface area contributed by atoms with Crippen molar-refractivity contribution in [2.45, 2.75) is 32.7 Å². The maximum atomic E-state index is 13.1. The molecular formula is C25H23ClN4O2. The number of hydrogen-bond donors (Lipinski definition) is 1. The first-order chi connectivity index (χ1) is 15.4. The van der Waals surface area contributed by atoms with E-state index in [0.717, 1.165) is 32.9 Å². The summed E-state index contributed by atoms with van der Waals surface area (Å²) in [7, 11) is 2.00. The van der Waals surface area contributed by atoms with Gasteiger partial charge in [-0.15, -0.1) is 0 Å². The fraction of sp³-hybridized carbons (Fsp3) is 0.240. The van der Waals surface area contributed by atoms with Gasteiger partial charge in [0.15, 0.2) is 0 Å². The molecular weight excluding hydrogens is 424 g/mol. The Morgan fingerprint density at radius 2 is 2.00 bits per heavy atom. The van der Waals surface area contributed by atoms with Crippen LogP contribution in [0.3, 0.4) is 0 Å². The van der Waals surface area contributed by atoms with Crippen LogP contribution in [-0.4, -0.2) is 26.2 Å². The molecule has 0 fully saturated rings. The van der Waals surface area contributed by atoms with Crippen molar-refractivity contribution in [3.8, 4) is 0 Å². The molecule has 32 heavy (non-hydrogen) atoms. The third kappa shape index (κ3) is 3.14. The quantitative estimate of drug-likeness (QED) is 0.477. The van der Waals surface area contributed by atoms with Crippen molar-refractivity contribution < 1.29 is 4.79 Å². The van der Waals surface area contributed by atoms with Gasteiger partial charge in [0.2, 0.25) is 5.91 Å². The van der Waals surface area contributed by atoms with Gasteiger partial charge < -0.3 is 9.55 Å². The second kappa shape index (κ2) is 7.64. The molecule has 0 saturated heterocycles. The molecule has 2 aromatic heterocycles. The molecule has 0 radical (unpaired) electrons. The van der Waals surface area contributed by atoms with Crippen LogP contribution in [0.15, 0.2) is 58.6 Å². The molecule has 1 N–H and O–H groups in total. The second-order valence-corrected chi connectivity index (χ2v) is 8.65. The second-order valence-electron chi connectivity index (χ2n) is 8.22. The van der Waals surface area contributed by atoms with Crippen LogP contribution in [0.1, 0.15) is 42.5 Å². The SMILES string of the molecule is CCC(=O)N1N=C(c2c(C)c3cc(Cl)ccc3[nH]c2=O)CC1c1cn(C)c2ccccc12. The highest BCUT2D eigenvalue weighted by molar-refractivity contribution is 6.31. The van der Waals surface area contributed by atoms with Crippen molar-refractivity contribution >= 4 is 45.0 Å². The monoisotopic (exact) mass is 446 g/mol. The number of nitrogens with zero attached hydrogens (tertiary/aromatic N) is 3. The number of halogens is 1. The number of nitrogens with one attached hydrogen (secondary N) is 1. The number of fused-ring (bicyclic) bond motifs is 2. The van der Waals surface area contributed by atoms with Crippen LogP contribution in [0.5, 0.6) is 0 Å². The minimum Gasteiger partial charge on any atom is -0.350 e. The zero-order valence-corrected chi connectivity index (χ0v) is 18.9. The summed E-state index contributed by atoms with van der Waals surface area (Å²) in [6.07, 6.45) is 2.86. The van der Waals surface area contributed by atoms with Crippen LogP contribution in [0.4, 0.5) is 0 Å². The lowest BCUT2D eigenvalue weighted by Crippen LogP contribution is -2.26. The van der Waals surface area contributed by atoms with Crippen LogP contribution in [-0.2, 0) is 11.8 Å². The van der Waals surface area contributed by atoms with Crippen molar-refractivity contribution in [2.24, 2.45) is 12.1 Å². The van der Waals surface area contributed by atoms with E-state index in [2.05, 4.69) is 27.9 Å². The third-order valence-electron chi connectivity index (χ3n) is 6.28. The number of rotatable bonds is 3. The van der Waals surface area contributed by atoms with E-state index in [4.69, 9.17) is 16.7 Å². The summed E-state index contributed by atoms with van der Waals surface area (Å²) in [5.41, 5.74) is 4.58. The predicted molar refractivity (Wildman–Crippen MR) is 128 cm³/mol. The number of hydrogen-bond acceptors (Lipinski definition) is 3. The van der Waals surface area contributed by atoms with E-state index in [9.17, 15) is 9.59 Å². The Bertz CT molecular complexity index is 1480. The van der Waals surface area contributed by atoms with Crippen molar-refractivity contribution in [1.29, 1.82) is 0 Å². The largest absolute Gasteiger partial charge is 0.350 e. The summed E-state index contributed by atoms with van der Waals surface area (Å²) in [5, 5.41) is 8.80. The van der Waals surface area contributed by atoms with E-state index in [-0.39, 0.29) is 17.5 Å². The number of carbonyl (C=O) groups excluding carboxylic acids is 1. The topological polar surface area (TPSA) is 70.5 Å². The molecule has 3 heterocycles. The van der Waals surface area contributed by atoms with Crippen LogP contribution in [0, 0.1) is 6.92 Å². The first-order valence-electron chi connectivity index (χ1n) is 10.6. The third-order valence-corrected chi connectivity index (χ3v) is 6.51. The Balaban J connectivity index is 1.67. The van der Waals surface area contributed by atoms with E-state index in [1.807, 2.05) is 39.1 Å². The Hall–Kier alpha value is -3.38. The molecule has 1 aliphatic heterocycles. The molecule has 162 valence electrons. The van der Waals surface area contributed by atoms with E-state index in [1.54, 1.807) is 17.1 Å². The number of pyridine rings is 1. The smallest absolute Gasteiger partial charge is 0.257 e. The van der Waals surface area contributed by atoms with Gasteiger partial charge in [0.1, 0.15) is 0 Å². The Morgan fingerprint density at radius 3 is 2.78 bits per heavy atom. The minimum absolute atomic E-state index is 0.0733. The van der Waals surface area contributed by atoms with Gasteiger partial charge in [-0.1, -0.05) is 36.7 Å². The molecule has 0 bridgehead atoms. The molecule has 4 aromatic rings. The summed E-state index contributed by atoms with van der Waals surface area (Å²) in [6, 6.07) is 13.3. The van der Waals surface area contributed by atoms with Crippen molar-refractivity contribution in [3.63, 3.8) is 0 Å². The molecule has 7 heteroatoms. The lowest BCUT2D eigenvalue weighted by molar-refractivity contribution is -0.132. The van der Waals surface area contributed by atoms with E-state index >= 15 is 0 Å².